The van der Waals surface area contributed by atoms with E-state index in [1.807, 2.05) is 45.0 Å². The first-order chi connectivity index (χ1) is 8.76. The minimum absolute atomic E-state index is 0.279. The highest BCUT2D eigenvalue weighted by molar-refractivity contribution is 7.93. The third kappa shape index (κ3) is 3.94. The first-order valence-electron chi connectivity index (χ1n) is 6.53. The average molecular weight is 284 g/mol. The van der Waals surface area contributed by atoms with Gasteiger partial charge in [0.2, 0.25) is 10.0 Å². The first-order valence-corrected chi connectivity index (χ1v) is 8.04. The van der Waals surface area contributed by atoms with E-state index in [-0.39, 0.29) is 6.04 Å². The minimum Gasteiger partial charge on any atom is -0.313 e. The summed E-state index contributed by atoms with van der Waals surface area (Å²) in [5.41, 5.74) is 1.69. The van der Waals surface area contributed by atoms with Crippen LogP contribution >= 0.6 is 0 Å². The summed E-state index contributed by atoms with van der Waals surface area (Å²) in [5, 5.41) is 2.71. The standard InChI is InChI=1S/C14H24N2O2S/c1-11(2)15-10-13(4)19(17,18)16(5)14-9-7-6-8-12(14)3/h6-9,11,13,15H,10H2,1-5H3. The van der Waals surface area contributed by atoms with Crippen molar-refractivity contribution in [3.05, 3.63) is 29.8 Å². The smallest absolute Gasteiger partial charge is 0.238 e. The van der Waals surface area contributed by atoms with E-state index in [4.69, 9.17) is 0 Å². The molecule has 0 radical (unpaired) electrons. The van der Waals surface area contributed by atoms with Crippen molar-refractivity contribution >= 4 is 15.7 Å². The molecule has 0 aliphatic heterocycles. The monoisotopic (exact) mass is 284 g/mol. The number of aryl methyl sites for hydroxylation is 1. The van der Waals surface area contributed by atoms with Gasteiger partial charge in [0.25, 0.3) is 0 Å². The Hall–Kier alpha value is -1.07. The van der Waals surface area contributed by atoms with Crippen molar-refractivity contribution in [3.8, 4) is 0 Å². The van der Waals surface area contributed by atoms with Crippen LogP contribution in [0.15, 0.2) is 24.3 Å². The van der Waals surface area contributed by atoms with Crippen molar-refractivity contribution in [2.45, 2.75) is 39.0 Å². The maximum absolute atomic E-state index is 12.5. The van der Waals surface area contributed by atoms with Crippen LogP contribution < -0.4 is 9.62 Å². The second kappa shape index (κ2) is 6.39. The van der Waals surface area contributed by atoms with Gasteiger partial charge in [-0.3, -0.25) is 4.31 Å². The molecule has 0 aromatic heterocycles. The molecule has 1 N–H and O–H groups in total. The average Bonchev–Trinajstić information content (AvgIpc) is 2.35. The lowest BCUT2D eigenvalue weighted by molar-refractivity contribution is 0.549. The number of hydrogen-bond acceptors (Lipinski definition) is 3. The van der Waals surface area contributed by atoms with E-state index < -0.39 is 15.3 Å². The molecule has 1 atom stereocenters. The molecule has 4 nitrogen and oxygen atoms in total. The maximum atomic E-state index is 12.5. The molecular formula is C14H24N2O2S. The van der Waals surface area contributed by atoms with Crippen LogP contribution in [0.5, 0.6) is 0 Å². The van der Waals surface area contributed by atoms with Crippen molar-refractivity contribution in [3.63, 3.8) is 0 Å². The van der Waals surface area contributed by atoms with E-state index in [2.05, 4.69) is 5.32 Å². The number of benzene rings is 1. The molecular weight excluding hydrogens is 260 g/mol. The fraction of sp³-hybridized carbons (Fsp3) is 0.571. The Labute approximate surface area is 116 Å². The lowest BCUT2D eigenvalue weighted by Crippen LogP contribution is -2.42. The number of hydrogen-bond donors (Lipinski definition) is 1. The fourth-order valence-electron chi connectivity index (χ4n) is 1.83. The summed E-state index contributed by atoms with van der Waals surface area (Å²) in [6.07, 6.45) is 0. The van der Waals surface area contributed by atoms with Gasteiger partial charge in [-0.2, -0.15) is 0 Å². The summed E-state index contributed by atoms with van der Waals surface area (Å²) in [7, 11) is -1.72. The highest BCUT2D eigenvalue weighted by Gasteiger charge is 2.26. The summed E-state index contributed by atoms with van der Waals surface area (Å²) < 4.78 is 26.3. The third-order valence-corrected chi connectivity index (χ3v) is 5.30. The minimum atomic E-state index is -3.34. The van der Waals surface area contributed by atoms with Gasteiger partial charge < -0.3 is 5.32 Å². The Bertz CT molecular complexity index is 512. The third-order valence-electron chi connectivity index (χ3n) is 3.16. The highest BCUT2D eigenvalue weighted by Crippen LogP contribution is 2.22. The van der Waals surface area contributed by atoms with Crippen LogP contribution in [0.2, 0.25) is 0 Å². The second-order valence-corrected chi connectivity index (χ2v) is 7.55. The SMILES string of the molecule is Cc1ccccc1N(C)S(=O)(=O)C(C)CNC(C)C. The van der Waals surface area contributed by atoms with Gasteiger partial charge in [-0.05, 0) is 25.5 Å². The molecule has 0 spiro atoms. The molecule has 0 saturated heterocycles. The van der Waals surface area contributed by atoms with Crippen molar-refractivity contribution in [1.82, 2.24) is 5.32 Å². The summed E-state index contributed by atoms with van der Waals surface area (Å²) in [4.78, 5) is 0. The van der Waals surface area contributed by atoms with Gasteiger partial charge in [0.15, 0.2) is 0 Å². The predicted octanol–water partition coefficient (Wildman–Crippen LogP) is 2.15. The van der Waals surface area contributed by atoms with Crippen LogP contribution in [-0.4, -0.2) is 33.3 Å². The van der Waals surface area contributed by atoms with E-state index in [1.165, 1.54) is 4.31 Å². The number of rotatable bonds is 6. The molecule has 0 amide bonds. The lowest BCUT2D eigenvalue weighted by atomic mass is 10.2. The van der Waals surface area contributed by atoms with Gasteiger partial charge in [0.1, 0.15) is 0 Å². The van der Waals surface area contributed by atoms with Crippen LogP contribution in [0.3, 0.4) is 0 Å². The van der Waals surface area contributed by atoms with Gasteiger partial charge in [0, 0.05) is 19.6 Å². The summed E-state index contributed by atoms with van der Waals surface area (Å²) in [6.45, 7) is 8.11. The van der Waals surface area contributed by atoms with E-state index in [0.29, 0.717) is 6.54 Å². The molecule has 0 saturated carbocycles. The fourth-order valence-corrected chi connectivity index (χ4v) is 3.16. The molecule has 0 bridgehead atoms. The Morgan fingerprint density at radius 2 is 1.79 bits per heavy atom. The Kier molecular flexibility index (Phi) is 5.38. The molecule has 19 heavy (non-hydrogen) atoms. The summed E-state index contributed by atoms with van der Waals surface area (Å²) >= 11 is 0. The quantitative estimate of drug-likeness (QED) is 0.871. The van der Waals surface area contributed by atoms with Crippen LogP contribution in [0.1, 0.15) is 26.3 Å². The summed E-state index contributed by atoms with van der Waals surface area (Å²) in [5.74, 6) is 0. The summed E-state index contributed by atoms with van der Waals surface area (Å²) in [6, 6.07) is 7.78. The topological polar surface area (TPSA) is 49.4 Å². The normalized spacial score (nSPS) is 13.6. The molecule has 108 valence electrons. The van der Waals surface area contributed by atoms with E-state index >= 15 is 0 Å². The van der Waals surface area contributed by atoms with Gasteiger partial charge in [-0.1, -0.05) is 32.0 Å². The number of nitrogens with one attached hydrogen (secondary N) is 1. The molecule has 0 aliphatic carbocycles. The predicted molar refractivity (Wildman–Crippen MR) is 81.1 cm³/mol. The second-order valence-electron chi connectivity index (χ2n) is 5.17. The zero-order chi connectivity index (χ0) is 14.6. The molecule has 0 aliphatic rings. The van der Waals surface area contributed by atoms with Gasteiger partial charge in [-0.25, -0.2) is 8.42 Å². The van der Waals surface area contributed by atoms with Crippen molar-refractivity contribution < 1.29 is 8.42 Å². The zero-order valence-corrected chi connectivity index (χ0v) is 13.2. The van der Waals surface area contributed by atoms with Crippen molar-refractivity contribution in [2.75, 3.05) is 17.9 Å². The largest absolute Gasteiger partial charge is 0.313 e. The molecule has 0 heterocycles. The van der Waals surface area contributed by atoms with Crippen LogP contribution in [-0.2, 0) is 10.0 Å². The van der Waals surface area contributed by atoms with Gasteiger partial charge in [0.05, 0.1) is 10.9 Å². The van der Waals surface area contributed by atoms with E-state index in [1.54, 1.807) is 14.0 Å². The molecule has 1 unspecified atom stereocenters. The molecule has 1 rings (SSSR count). The molecule has 5 heteroatoms. The number of para-hydroxylation sites is 1. The van der Waals surface area contributed by atoms with Crippen molar-refractivity contribution in [1.29, 1.82) is 0 Å². The molecule has 1 aromatic carbocycles. The van der Waals surface area contributed by atoms with Crippen molar-refractivity contribution in [2.24, 2.45) is 0 Å². The van der Waals surface area contributed by atoms with Crippen LogP contribution in [0, 0.1) is 6.92 Å². The first kappa shape index (κ1) is 16.0. The zero-order valence-electron chi connectivity index (χ0n) is 12.3. The highest BCUT2D eigenvalue weighted by atomic mass is 32.2. The number of nitrogens with zero attached hydrogens (tertiary/aromatic N) is 1. The maximum Gasteiger partial charge on any atom is 0.238 e. The Morgan fingerprint density at radius 3 is 2.32 bits per heavy atom. The van der Waals surface area contributed by atoms with Gasteiger partial charge >= 0.3 is 0 Å². The van der Waals surface area contributed by atoms with E-state index in [9.17, 15) is 8.42 Å². The molecule has 0 fully saturated rings. The molecule has 1 aromatic rings. The Morgan fingerprint density at radius 1 is 1.21 bits per heavy atom. The van der Waals surface area contributed by atoms with E-state index in [0.717, 1.165) is 11.3 Å². The van der Waals surface area contributed by atoms with Gasteiger partial charge in [-0.15, -0.1) is 0 Å². The number of anilines is 1. The lowest BCUT2D eigenvalue weighted by Gasteiger charge is -2.25. The number of sulfonamides is 1. The van der Waals surface area contributed by atoms with Crippen LogP contribution in [0.4, 0.5) is 5.69 Å². The van der Waals surface area contributed by atoms with Crippen LogP contribution in [0.25, 0.3) is 0 Å². The Balaban J connectivity index is 2.91.